The van der Waals surface area contributed by atoms with Crippen molar-refractivity contribution < 1.29 is 9.53 Å². The molecule has 0 aliphatic heterocycles. The van der Waals surface area contributed by atoms with Crippen LogP contribution in [0.2, 0.25) is 0 Å². The Morgan fingerprint density at radius 1 is 1.13 bits per heavy atom. The van der Waals surface area contributed by atoms with E-state index < -0.39 is 0 Å². The van der Waals surface area contributed by atoms with Crippen molar-refractivity contribution >= 4 is 23.4 Å². The molecule has 1 heterocycles. The number of benzene rings is 2. The lowest BCUT2D eigenvalue weighted by Crippen LogP contribution is -2.19. The summed E-state index contributed by atoms with van der Waals surface area (Å²) in [5.41, 5.74) is 5.93. The summed E-state index contributed by atoms with van der Waals surface area (Å²) in [6.45, 7) is 4.62. The van der Waals surface area contributed by atoms with Crippen LogP contribution in [0.5, 0.6) is 5.75 Å². The summed E-state index contributed by atoms with van der Waals surface area (Å²) in [6, 6.07) is 15.1. The average Bonchev–Trinajstić information content (AvgIpc) is 3.19. The SMILES string of the molecule is CCCOc1ccc(/C(C)=N/NC(=O)c2ccc(CSc3nncn3C)cc2)cc1. The molecule has 2 aromatic carbocycles. The third-order valence-electron chi connectivity index (χ3n) is 4.32. The summed E-state index contributed by atoms with van der Waals surface area (Å²) in [5, 5.41) is 13.0. The molecule has 8 heteroatoms. The second kappa shape index (κ2) is 10.6. The van der Waals surface area contributed by atoms with Crippen molar-refractivity contribution in [1.29, 1.82) is 0 Å². The van der Waals surface area contributed by atoms with Gasteiger partial charge in [-0.15, -0.1) is 10.2 Å². The van der Waals surface area contributed by atoms with Gasteiger partial charge in [-0.25, -0.2) is 5.43 Å². The number of nitrogens with zero attached hydrogens (tertiary/aromatic N) is 4. The molecule has 156 valence electrons. The highest BCUT2D eigenvalue weighted by Crippen LogP contribution is 2.20. The molecule has 0 unspecified atom stereocenters. The standard InChI is InChI=1S/C22H25N5O2S/c1-4-13-29-20-11-9-18(10-12-20)16(2)24-25-21(28)19-7-5-17(6-8-19)14-30-22-26-23-15-27(22)3/h5-12,15H,4,13-14H2,1-3H3,(H,25,28)/b24-16+. The van der Waals surface area contributed by atoms with Gasteiger partial charge in [0.15, 0.2) is 5.16 Å². The molecule has 0 saturated heterocycles. The Morgan fingerprint density at radius 3 is 2.47 bits per heavy atom. The van der Waals surface area contributed by atoms with Gasteiger partial charge in [0.05, 0.1) is 12.3 Å². The second-order valence-corrected chi connectivity index (χ2v) is 7.66. The Bertz CT molecular complexity index is 997. The summed E-state index contributed by atoms with van der Waals surface area (Å²) in [4.78, 5) is 12.4. The fourth-order valence-corrected chi connectivity index (χ4v) is 3.42. The van der Waals surface area contributed by atoms with Crippen LogP contribution in [0.3, 0.4) is 0 Å². The molecule has 3 rings (SSSR count). The number of hydrazone groups is 1. The number of nitrogens with one attached hydrogen (secondary N) is 1. The minimum absolute atomic E-state index is 0.246. The van der Waals surface area contributed by atoms with E-state index in [1.807, 2.05) is 54.9 Å². The van der Waals surface area contributed by atoms with Crippen molar-refractivity contribution in [2.75, 3.05) is 6.61 Å². The third-order valence-corrected chi connectivity index (χ3v) is 5.43. The monoisotopic (exact) mass is 423 g/mol. The zero-order valence-electron chi connectivity index (χ0n) is 17.3. The lowest BCUT2D eigenvalue weighted by molar-refractivity contribution is 0.0955. The van der Waals surface area contributed by atoms with Crippen LogP contribution in [0, 0.1) is 0 Å². The Kier molecular flexibility index (Phi) is 7.62. The Hall–Kier alpha value is -3.13. The number of amides is 1. The van der Waals surface area contributed by atoms with E-state index in [1.165, 1.54) is 0 Å². The van der Waals surface area contributed by atoms with Crippen LogP contribution in [0.25, 0.3) is 0 Å². The highest BCUT2D eigenvalue weighted by atomic mass is 32.2. The van der Waals surface area contributed by atoms with E-state index in [0.717, 1.165) is 39.9 Å². The molecule has 0 fully saturated rings. The van der Waals surface area contributed by atoms with Crippen LogP contribution in [0.1, 0.15) is 41.8 Å². The van der Waals surface area contributed by atoms with Gasteiger partial charge in [0.1, 0.15) is 12.1 Å². The second-order valence-electron chi connectivity index (χ2n) is 6.72. The summed E-state index contributed by atoms with van der Waals surface area (Å²) in [7, 11) is 1.91. The van der Waals surface area contributed by atoms with E-state index in [1.54, 1.807) is 30.2 Å². The third kappa shape index (κ3) is 5.93. The highest BCUT2D eigenvalue weighted by Gasteiger charge is 2.07. The molecule has 0 atom stereocenters. The lowest BCUT2D eigenvalue weighted by atomic mass is 10.1. The molecule has 3 aromatic rings. The maximum atomic E-state index is 12.4. The lowest BCUT2D eigenvalue weighted by Gasteiger charge is -2.07. The van der Waals surface area contributed by atoms with Crippen molar-refractivity contribution in [3.05, 3.63) is 71.5 Å². The van der Waals surface area contributed by atoms with Crippen LogP contribution in [-0.2, 0) is 12.8 Å². The van der Waals surface area contributed by atoms with E-state index in [2.05, 4.69) is 27.6 Å². The van der Waals surface area contributed by atoms with Crippen LogP contribution >= 0.6 is 11.8 Å². The molecule has 1 N–H and O–H groups in total. The first-order chi connectivity index (χ1) is 14.6. The molecular weight excluding hydrogens is 398 g/mol. The van der Waals surface area contributed by atoms with Crippen LogP contribution < -0.4 is 10.2 Å². The molecule has 0 aliphatic rings. The van der Waals surface area contributed by atoms with Crippen molar-refractivity contribution in [3.8, 4) is 5.75 Å². The quantitative estimate of drug-likeness (QED) is 0.319. The number of carbonyl (C=O) groups excluding carboxylic acids is 1. The highest BCUT2D eigenvalue weighted by molar-refractivity contribution is 7.98. The van der Waals surface area contributed by atoms with Gasteiger partial charge in [-0.3, -0.25) is 4.79 Å². The smallest absolute Gasteiger partial charge is 0.271 e. The summed E-state index contributed by atoms with van der Waals surface area (Å²) >= 11 is 1.60. The van der Waals surface area contributed by atoms with Crippen molar-refractivity contribution in [3.63, 3.8) is 0 Å². The number of hydrogen-bond acceptors (Lipinski definition) is 6. The molecule has 7 nitrogen and oxygen atoms in total. The number of thioether (sulfide) groups is 1. The topological polar surface area (TPSA) is 81.4 Å². The van der Waals surface area contributed by atoms with E-state index in [-0.39, 0.29) is 5.91 Å². The van der Waals surface area contributed by atoms with Gasteiger partial charge in [0.25, 0.3) is 5.91 Å². The van der Waals surface area contributed by atoms with Gasteiger partial charge in [-0.1, -0.05) is 30.8 Å². The fourth-order valence-electron chi connectivity index (χ4n) is 2.58. The number of aryl methyl sites for hydroxylation is 1. The van der Waals surface area contributed by atoms with Crippen molar-refractivity contribution in [2.24, 2.45) is 12.1 Å². The van der Waals surface area contributed by atoms with Crippen molar-refractivity contribution in [2.45, 2.75) is 31.2 Å². The number of ether oxygens (including phenoxy) is 1. The molecule has 0 aliphatic carbocycles. The van der Waals surface area contributed by atoms with Crippen LogP contribution in [0.15, 0.2) is 65.1 Å². The zero-order chi connectivity index (χ0) is 21.3. The van der Waals surface area contributed by atoms with E-state index in [0.29, 0.717) is 12.2 Å². The summed E-state index contributed by atoms with van der Waals surface area (Å²) in [6.07, 6.45) is 2.64. The number of carbonyl (C=O) groups is 1. The van der Waals surface area contributed by atoms with Gasteiger partial charge in [0.2, 0.25) is 0 Å². The summed E-state index contributed by atoms with van der Waals surface area (Å²) < 4.78 is 7.45. The zero-order valence-corrected chi connectivity index (χ0v) is 18.1. The van der Waals surface area contributed by atoms with E-state index in [4.69, 9.17) is 4.74 Å². The first-order valence-electron chi connectivity index (χ1n) is 9.70. The van der Waals surface area contributed by atoms with Gasteiger partial charge < -0.3 is 9.30 Å². The predicted molar refractivity (Wildman–Crippen MR) is 119 cm³/mol. The molecule has 0 spiro atoms. The van der Waals surface area contributed by atoms with Crippen LogP contribution in [0.4, 0.5) is 0 Å². The minimum atomic E-state index is -0.246. The molecule has 1 aromatic heterocycles. The largest absolute Gasteiger partial charge is 0.494 e. The number of hydrogen-bond donors (Lipinski definition) is 1. The Morgan fingerprint density at radius 2 is 1.83 bits per heavy atom. The first-order valence-corrected chi connectivity index (χ1v) is 10.7. The molecular formula is C22H25N5O2S. The van der Waals surface area contributed by atoms with Gasteiger partial charge in [0, 0.05) is 18.4 Å². The molecule has 0 bridgehead atoms. The predicted octanol–water partition coefficient (Wildman–Crippen LogP) is 4.05. The number of aromatic nitrogens is 3. The Balaban J connectivity index is 1.54. The van der Waals surface area contributed by atoms with Gasteiger partial charge >= 0.3 is 0 Å². The fraction of sp³-hybridized carbons (Fsp3) is 0.273. The average molecular weight is 424 g/mol. The maximum Gasteiger partial charge on any atom is 0.271 e. The van der Waals surface area contributed by atoms with Gasteiger partial charge in [-0.2, -0.15) is 5.10 Å². The molecule has 0 radical (unpaired) electrons. The normalized spacial score (nSPS) is 11.4. The molecule has 0 saturated carbocycles. The van der Waals surface area contributed by atoms with E-state index in [9.17, 15) is 4.79 Å². The van der Waals surface area contributed by atoms with E-state index >= 15 is 0 Å². The first kappa shape index (κ1) is 21.6. The van der Waals surface area contributed by atoms with Crippen molar-refractivity contribution in [1.82, 2.24) is 20.2 Å². The minimum Gasteiger partial charge on any atom is -0.494 e. The van der Waals surface area contributed by atoms with Gasteiger partial charge in [-0.05, 0) is 60.9 Å². The molecule has 30 heavy (non-hydrogen) atoms. The Labute approximate surface area is 180 Å². The maximum absolute atomic E-state index is 12.4. The van der Waals surface area contributed by atoms with Crippen LogP contribution in [-0.4, -0.2) is 33.0 Å². The summed E-state index contributed by atoms with van der Waals surface area (Å²) in [5.74, 6) is 1.34. The number of rotatable bonds is 9. The molecule has 1 amide bonds.